The van der Waals surface area contributed by atoms with Gasteiger partial charge in [0.2, 0.25) is 0 Å². The molecule has 1 aromatic heterocycles. The summed E-state index contributed by atoms with van der Waals surface area (Å²) in [6.07, 6.45) is 3.36. The number of nitrogens with zero attached hydrogens (tertiary/aromatic N) is 3. The fourth-order valence-electron chi connectivity index (χ4n) is 2.15. The molecule has 6 nitrogen and oxygen atoms in total. The zero-order valence-corrected chi connectivity index (χ0v) is 15.1. The van der Waals surface area contributed by atoms with E-state index >= 15 is 0 Å². The van der Waals surface area contributed by atoms with Gasteiger partial charge in [-0.15, -0.1) is 0 Å². The van der Waals surface area contributed by atoms with E-state index in [4.69, 9.17) is 0 Å². The Morgan fingerprint density at radius 1 is 1.29 bits per heavy atom. The Hall–Kier alpha value is -2.28. The van der Waals surface area contributed by atoms with Crippen LogP contribution in [0.3, 0.4) is 0 Å². The average Bonchev–Trinajstić information content (AvgIpc) is 2.54. The van der Waals surface area contributed by atoms with Gasteiger partial charge in [0.15, 0.2) is 5.82 Å². The second-order valence-electron chi connectivity index (χ2n) is 5.73. The molecule has 2 amide bonds. The third kappa shape index (κ3) is 4.86. The van der Waals surface area contributed by atoms with Crippen LogP contribution in [0.15, 0.2) is 36.5 Å². The minimum Gasteiger partial charge on any atom is -0.324 e. The number of aromatic nitrogens is 2. The van der Waals surface area contributed by atoms with Crippen LogP contribution in [-0.2, 0) is 10.8 Å². The molecule has 128 valence electrons. The average molecular weight is 346 g/mol. The lowest BCUT2D eigenvalue weighted by molar-refractivity contribution is 0.212. The summed E-state index contributed by atoms with van der Waals surface area (Å²) >= 11 is 0. The predicted octanol–water partition coefficient (Wildman–Crippen LogP) is 2.68. The van der Waals surface area contributed by atoms with Crippen molar-refractivity contribution in [1.82, 2.24) is 14.9 Å². The fraction of sp³-hybridized carbons (Fsp3) is 0.353. The van der Waals surface area contributed by atoms with Gasteiger partial charge in [-0.3, -0.25) is 4.21 Å². The summed E-state index contributed by atoms with van der Waals surface area (Å²) < 4.78 is 11.3. The molecule has 1 heterocycles. The topological polar surface area (TPSA) is 75.2 Å². The molecule has 0 aliphatic carbocycles. The van der Waals surface area contributed by atoms with Crippen molar-refractivity contribution in [3.63, 3.8) is 0 Å². The SMILES string of the molecule is Cc1ccnc(-c2ccc(NC(=O)N(C)[C@H](C)C[S@](C)=O)cc2)n1. The number of benzene rings is 1. The van der Waals surface area contributed by atoms with Crippen molar-refractivity contribution in [2.24, 2.45) is 0 Å². The maximum absolute atomic E-state index is 12.2. The number of carbonyl (C=O) groups is 1. The summed E-state index contributed by atoms with van der Waals surface area (Å²) in [5.41, 5.74) is 2.48. The quantitative estimate of drug-likeness (QED) is 0.903. The van der Waals surface area contributed by atoms with Crippen LogP contribution in [0.5, 0.6) is 0 Å². The summed E-state index contributed by atoms with van der Waals surface area (Å²) in [5.74, 6) is 1.11. The van der Waals surface area contributed by atoms with Crippen molar-refractivity contribution in [3.8, 4) is 11.4 Å². The molecule has 0 aliphatic heterocycles. The number of amides is 2. The normalized spacial score (nSPS) is 13.2. The molecule has 7 heteroatoms. The number of hydrogen-bond donors (Lipinski definition) is 1. The van der Waals surface area contributed by atoms with Crippen LogP contribution in [0.4, 0.5) is 10.5 Å². The summed E-state index contributed by atoms with van der Waals surface area (Å²) in [4.78, 5) is 22.4. The van der Waals surface area contributed by atoms with E-state index in [0.29, 0.717) is 17.3 Å². The Labute approximate surface area is 144 Å². The molecule has 0 unspecified atom stereocenters. The van der Waals surface area contributed by atoms with Crippen LogP contribution < -0.4 is 5.32 Å². The molecule has 0 saturated heterocycles. The fourth-order valence-corrected chi connectivity index (χ4v) is 3.06. The molecular formula is C17H22N4O2S. The number of anilines is 1. The van der Waals surface area contributed by atoms with E-state index in [0.717, 1.165) is 11.3 Å². The number of carbonyl (C=O) groups excluding carboxylic acids is 1. The summed E-state index contributed by atoms with van der Waals surface area (Å²) in [6, 6.07) is 8.89. The summed E-state index contributed by atoms with van der Waals surface area (Å²) in [5, 5.41) is 2.83. The highest BCUT2D eigenvalue weighted by Gasteiger charge is 2.16. The zero-order chi connectivity index (χ0) is 17.7. The van der Waals surface area contributed by atoms with Gasteiger partial charge < -0.3 is 10.2 Å². The van der Waals surface area contributed by atoms with Gasteiger partial charge in [-0.25, -0.2) is 14.8 Å². The van der Waals surface area contributed by atoms with Crippen LogP contribution >= 0.6 is 0 Å². The maximum Gasteiger partial charge on any atom is 0.321 e. The smallest absolute Gasteiger partial charge is 0.321 e. The van der Waals surface area contributed by atoms with E-state index in [9.17, 15) is 9.00 Å². The van der Waals surface area contributed by atoms with Crippen molar-refractivity contribution in [2.75, 3.05) is 24.4 Å². The molecule has 2 aromatic rings. The van der Waals surface area contributed by atoms with Crippen LogP contribution in [-0.4, -0.2) is 50.2 Å². The Balaban J connectivity index is 2.03. The van der Waals surface area contributed by atoms with Gasteiger partial charge in [-0.1, -0.05) is 0 Å². The minimum absolute atomic E-state index is 0.101. The molecule has 2 atom stereocenters. The molecule has 24 heavy (non-hydrogen) atoms. The Morgan fingerprint density at radius 2 is 1.96 bits per heavy atom. The minimum atomic E-state index is -0.941. The number of rotatable bonds is 5. The van der Waals surface area contributed by atoms with Gasteiger partial charge in [0.25, 0.3) is 0 Å². The lowest BCUT2D eigenvalue weighted by Crippen LogP contribution is -2.40. The highest BCUT2D eigenvalue weighted by molar-refractivity contribution is 7.84. The highest BCUT2D eigenvalue weighted by atomic mass is 32.2. The summed E-state index contributed by atoms with van der Waals surface area (Å²) in [6.45, 7) is 3.79. The van der Waals surface area contributed by atoms with E-state index in [1.54, 1.807) is 24.4 Å². The molecular weight excluding hydrogens is 324 g/mol. The standard InChI is InChI=1S/C17H22N4O2S/c1-12-9-10-18-16(19-12)14-5-7-15(8-6-14)20-17(22)21(3)13(2)11-24(4)23/h5-10,13H,11H2,1-4H3,(H,20,22)/t13-,24+/m1/s1. The third-order valence-electron chi connectivity index (χ3n) is 3.65. The van der Waals surface area contributed by atoms with Crippen molar-refractivity contribution in [1.29, 1.82) is 0 Å². The monoisotopic (exact) mass is 346 g/mol. The molecule has 0 radical (unpaired) electrons. The van der Waals surface area contributed by atoms with Crippen molar-refractivity contribution >= 4 is 22.5 Å². The van der Waals surface area contributed by atoms with Crippen molar-refractivity contribution in [2.45, 2.75) is 19.9 Å². The molecule has 1 aromatic carbocycles. The first-order valence-electron chi connectivity index (χ1n) is 7.60. The Bertz CT molecular complexity index is 734. The Kier molecular flexibility index (Phi) is 6.03. The van der Waals surface area contributed by atoms with Gasteiger partial charge in [-0.05, 0) is 44.2 Å². The van der Waals surface area contributed by atoms with Crippen LogP contribution in [0.25, 0.3) is 11.4 Å². The molecule has 1 N–H and O–H groups in total. The maximum atomic E-state index is 12.2. The second-order valence-corrected chi connectivity index (χ2v) is 7.21. The molecule has 0 fully saturated rings. The second kappa shape index (κ2) is 8.01. The van der Waals surface area contributed by atoms with Crippen LogP contribution in [0, 0.1) is 6.92 Å². The van der Waals surface area contributed by atoms with Crippen LogP contribution in [0.2, 0.25) is 0 Å². The first-order chi connectivity index (χ1) is 11.4. The van der Waals surface area contributed by atoms with E-state index in [2.05, 4.69) is 15.3 Å². The molecule has 0 saturated carbocycles. The van der Waals surface area contributed by atoms with E-state index < -0.39 is 10.8 Å². The lowest BCUT2D eigenvalue weighted by atomic mass is 10.2. The van der Waals surface area contributed by atoms with Gasteiger partial charge in [0.05, 0.1) is 0 Å². The first kappa shape index (κ1) is 18.1. The van der Waals surface area contributed by atoms with Gasteiger partial charge in [0.1, 0.15) is 0 Å². The molecule has 0 bridgehead atoms. The van der Waals surface area contributed by atoms with Crippen LogP contribution in [0.1, 0.15) is 12.6 Å². The van der Waals surface area contributed by atoms with Crippen molar-refractivity contribution < 1.29 is 9.00 Å². The molecule has 2 rings (SSSR count). The summed E-state index contributed by atoms with van der Waals surface area (Å²) in [7, 11) is 0.755. The van der Waals surface area contributed by atoms with Crippen molar-refractivity contribution in [3.05, 3.63) is 42.2 Å². The lowest BCUT2D eigenvalue weighted by Gasteiger charge is -2.24. The highest BCUT2D eigenvalue weighted by Crippen LogP contribution is 2.18. The number of aryl methyl sites for hydroxylation is 1. The largest absolute Gasteiger partial charge is 0.324 e. The molecule has 0 spiro atoms. The number of urea groups is 1. The number of nitrogens with one attached hydrogen (secondary N) is 1. The van der Waals surface area contributed by atoms with Gasteiger partial charge in [-0.2, -0.15) is 0 Å². The zero-order valence-electron chi connectivity index (χ0n) is 14.3. The van der Waals surface area contributed by atoms with Gasteiger partial charge >= 0.3 is 6.03 Å². The first-order valence-corrected chi connectivity index (χ1v) is 9.33. The Morgan fingerprint density at radius 3 is 2.54 bits per heavy atom. The number of hydrogen-bond acceptors (Lipinski definition) is 4. The third-order valence-corrected chi connectivity index (χ3v) is 4.60. The predicted molar refractivity (Wildman–Crippen MR) is 97.4 cm³/mol. The van der Waals surface area contributed by atoms with E-state index in [1.807, 2.05) is 44.2 Å². The van der Waals surface area contributed by atoms with E-state index in [-0.39, 0.29) is 12.1 Å². The van der Waals surface area contributed by atoms with Gasteiger partial charge in [0, 0.05) is 59.0 Å². The molecule has 0 aliphatic rings. The van der Waals surface area contributed by atoms with E-state index in [1.165, 1.54) is 0 Å².